The van der Waals surface area contributed by atoms with E-state index in [0.717, 1.165) is 38.5 Å². The average molecular weight is 556 g/mol. The van der Waals surface area contributed by atoms with Crippen molar-refractivity contribution in [1.29, 1.82) is 0 Å². The molecule has 3 unspecified atom stereocenters. The summed E-state index contributed by atoms with van der Waals surface area (Å²) in [6, 6.07) is 25.8. The molecule has 1 amide bonds. The zero-order valence-corrected chi connectivity index (χ0v) is 21.9. The molecule has 0 radical (unpaired) electrons. The number of carbonyl (C=O) groups excluding carboxylic acids is 1. The molecule has 5 atom stereocenters. The number of aromatic nitrogens is 2. The molecule has 1 saturated heterocycles. The van der Waals surface area contributed by atoms with Crippen molar-refractivity contribution in [2.45, 2.75) is 42.9 Å². The van der Waals surface area contributed by atoms with Crippen molar-refractivity contribution in [3.63, 3.8) is 0 Å². The van der Waals surface area contributed by atoms with Gasteiger partial charge in [0.1, 0.15) is 24.4 Å². The molecule has 210 valence electrons. The van der Waals surface area contributed by atoms with E-state index in [0.29, 0.717) is 6.42 Å². The van der Waals surface area contributed by atoms with E-state index < -0.39 is 54.5 Å². The number of benzene rings is 3. The number of nitrogens with one attached hydrogen (secondary N) is 2. The maximum absolute atomic E-state index is 13.5. The van der Waals surface area contributed by atoms with Crippen LogP contribution in [0.5, 0.6) is 0 Å². The van der Waals surface area contributed by atoms with Crippen LogP contribution in [0, 0.1) is 0 Å². The van der Waals surface area contributed by atoms with Gasteiger partial charge in [0.2, 0.25) is 0 Å². The highest BCUT2D eigenvalue weighted by molar-refractivity contribution is 5.79. The second-order valence-electron chi connectivity index (χ2n) is 10.2. The van der Waals surface area contributed by atoms with E-state index in [1.807, 2.05) is 66.7 Å². The Morgan fingerprint density at radius 3 is 2.22 bits per heavy atom. The minimum Gasteiger partial charge on any atom is -0.445 e. The first kappa shape index (κ1) is 26.7. The van der Waals surface area contributed by atoms with Crippen molar-refractivity contribution in [2.24, 2.45) is 0 Å². The van der Waals surface area contributed by atoms with Crippen molar-refractivity contribution >= 4 is 6.09 Å². The zero-order chi connectivity index (χ0) is 28.5. The molecule has 1 fully saturated rings. The van der Waals surface area contributed by atoms with Crippen LogP contribution in [-0.2, 0) is 15.9 Å². The van der Waals surface area contributed by atoms with E-state index in [-0.39, 0.29) is 5.92 Å². The van der Waals surface area contributed by atoms with Gasteiger partial charge in [-0.05, 0) is 27.8 Å². The van der Waals surface area contributed by atoms with Crippen LogP contribution >= 0.6 is 0 Å². The quantitative estimate of drug-likeness (QED) is 0.274. The summed E-state index contributed by atoms with van der Waals surface area (Å²) in [5.41, 5.74) is 3.85. The number of aliphatic hydroxyl groups excluding tert-OH is 2. The fourth-order valence-corrected chi connectivity index (χ4v) is 5.89. The topological polar surface area (TPSA) is 143 Å². The number of nitrogens with zero attached hydrogens (tertiary/aromatic N) is 1. The van der Waals surface area contributed by atoms with Crippen LogP contribution < -0.4 is 16.6 Å². The van der Waals surface area contributed by atoms with Crippen LogP contribution in [-0.4, -0.2) is 56.8 Å². The Kier molecular flexibility index (Phi) is 7.27. The molecule has 0 spiro atoms. The van der Waals surface area contributed by atoms with Crippen LogP contribution in [0.3, 0.4) is 0 Å². The number of aliphatic hydroxyl groups is 2. The van der Waals surface area contributed by atoms with Gasteiger partial charge in [0, 0.05) is 24.6 Å². The van der Waals surface area contributed by atoms with Crippen molar-refractivity contribution in [1.82, 2.24) is 14.9 Å². The molecular weight excluding hydrogens is 526 g/mol. The summed E-state index contributed by atoms with van der Waals surface area (Å²) in [6.45, 7) is -0.546. The minimum atomic E-state index is -1.35. The van der Waals surface area contributed by atoms with Gasteiger partial charge < -0.3 is 25.0 Å². The highest BCUT2D eigenvalue weighted by Gasteiger charge is 2.46. The molecule has 1 aliphatic carbocycles. The molecule has 41 heavy (non-hydrogen) atoms. The molecule has 0 saturated carbocycles. The zero-order valence-electron chi connectivity index (χ0n) is 21.9. The number of amides is 1. The van der Waals surface area contributed by atoms with Crippen molar-refractivity contribution < 1.29 is 24.5 Å². The SMILES string of the molecule is O=C(NC1C(O)[C@@H](CO)O[C@H]1n1ccc(=O)[nH]c1=O)OC(Cc1ccccc1)C1c2ccccc2-c2ccccc21. The van der Waals surface area contributed by atoms with Gasteiger partial charge in [-0.1, -0.05) is 78.9 Å². The third-order valence-corrected chi connectivity index (χ3v) is 7.75. The maximum Gasteiger partial charge on any atom is 0.407 e. The molecule has 1 aromatic heterocycles. The Morgan fingerprint density at radius 2 is 1.59 bits per heavy atom. The normalized spacial score (nSPS) is 22.1. The summed E-state index contributed by atoms with van der Waals surface area (Å²) >= 11 is 0. The molecule has 4 N–H and O–H groups in total. The van der Waals surface area contributed by atoms with E-state index in [9.17, 15) is 24.6 Å². The fraction of sp³-hybridized carbons (Fsp3) is 0.258. The standard InChI is InChI=1S/C31H29N3O7/c35-17-24-28(37)27(29(40-24)34-15-14-25(36)32-30(34)38)33-31(39)41-23(16-18-8-2-1-3-9-18)26-21-12-6-4-10-19(21)20-11-5-7-13-22(20)26/h1-15,23-24,26-29,35,37H,16-17H2,(H,33,39)(H,32,36,38)/t23?,24-,27?,28?,29-/m1/s1. The summed E-state index contributed by atoms with van der Waals surface area (Å²) in [4.78, 5) is 39.7. The minimum absolute atomic E-state index is 0.249. The summed E-state index contributed by atoms with van der Waals surface area (Å²) < 4.78 is 12.9. The predicted molar refractivity (Wildman–Crippen MR) is 149 cm³/mol. The Balaban J connectivity index is 1.32. The first-order chi connectivity index (χ1) is 19.9. The highest BCUT2D eigenvalue weighted by Crippen LogP contribution is 2.47. The molecular formula is C31H29N3O7. The van der Waals surface area contributed by atoms with Crippen molar-refractivity contribution in [2.75, 3.05) is 6.61 Å². The van der Waals surface area contributed by atoms with Crippen LogP contribution in [0.1, 0.15) is 28.8 Å². The van der Waals surface area contributed by atoms with Crippen LogP contribution in [0.15, 0.2) is 101 Å². The first-order valence-electron chi connectivity index (χ1n) is 13.4. The second kappa shape index (κ2) is 11.2. The third kappa shape index (κ3) is 5.08. The second-order valence-corrected chi connectivity index (χ2v) is 10.2. The van der Waals surface area contributed by atoms with Gasteiger partial charge in [0.05, 0.1) is 6.61 Å². The fourth-order valence-electron chi connectivity index (χ4n) is 5.89. The number of hydrogen-bond donors (Lipinski definition) is 4. The largest absolute Gasteiger partial charge is 0.445 e. The maximum atomic E-state index is 13.5. The molecule has 2 heterocycles. The van der Waals surface area contributed by atoms with Gasteiger partial charge in [-0.3, -0.25) is 14.3 Å². The number of ether oxygens (including phenoxy) is 2. The van der Waals surface area contributed by atoms with Gasteiger partial charge >= 0.3 is 11.8 Å². The lowest BCUT2D eigenvalue weighted by Crippen LogP contribution is -2.49. The van der Waals surface area contributed by atoms with Crippen molar-refractivity contribution in [3.05, 3.63) is 129 Å². The number of H-pyrrole nitrogens is 1. The summed E-state index contributed by atoms with van der Waals surface area (Å²) in [5.74, 6) is -0.249. The Bertz CT molecular complexity index is 1620. The molecule has 2 aliphatic rings. The number of rotatable bonds is 7. The predicted octanol–water partition coefficient (Wildman–Crippen LogP) is 2.31. The lowest BCUT2D eigenvalue weighted by atomic mass is 9.87. The highest BCUT2D eigenvalue weighted by atomic mass is 16.6. The molecule has 10 heteroatoms. The van der Waals surface area contributed by atoms with Gasteiger partial charge in [-0.2, -0.15) is 0 Å². The molecule has 3 aromatic carbocycles. The number of alkyl carbamates (subject to hydrolysis) is 1. The number of fused-ring (bicyclic) bond motifs is 3. The van der Waals surface area contributed by atoms with E-state index in [4.69, 9.17) is 9.47 Å². The summed E-state index contributed by atoms with van der Waals surface area (Å²) in [7, 11) is 0. The smallest absolute Gasteiger partial charge is 0.407 e. The van der Waals surface area contributed by atoms with Gasteiger partial charge in [0.25, 0.3) is 5.56 Å². The van der Waals surface area contributed by atoms with E-state index in [2.05, 4.69) is 22.4 Å². The lowest BCUT2D eigenvalue weighted by Gasteiger charge is -2.28. The number of aromatic amines is 1. The first-order valence-corrected chi connectivity index (χ1v) is 13.4. The molecule has 1 aliphatic heterocycles. The Morgan fingerprint density at radius 1 is 0.951 bits per heavy atom. The summed E-state index contributed by atoms with van der Waals surface area (Å²) in [6.07, 6.45) is -3.42. The Labute approximate surface area is 234 Å². The average Bonchev–Trinajstić information content (AvgIpc) is 3.47. The van der Waals surface area contributed by atoms with E-state index in [1.54, 1.807) is 0 Å². The monoisotopic (exact) mass is 555 g/mol. The third-order valence-electron chi connectivity index (χ3n) is 7.75. The van der Waals surface area contributed by atoms with Crippen molar-refractivity contribution in [3.8, 4) is 11.1 Å². The summed E-state index contributed by atoms with van der Waals surface area (Å²) in [5, 5.41) is 23.3. The molecule has 4 aromatic rings. The van der Waals surface area contributed by atoms with Gasteiger partial charge in [0.15, 0.2) is 6.23 Å². The van der Waals surface area contributed by atoms with Crippen LogP contribution in [0.25, 0.3) is 11.1 Å². The Hall–Kier alpha value is -4.51. The van der Waals surface area contributed by atoms with Gasteiger partial charge in [-0.15, -0.1) is 0 Å². The van der Waals surface area contributed by atoms with E-state index in [1.165, 1.54) is 6.20 Å². The number of hydrogen-bond acceptors (Lipinski definition) is 7. The van der Waals surface area contributed by atoms with Crippen LogP contribution in [0.4, 0.5) is 4.79 Å². The van der Waals surface area contributed by atoms with Gasteiger partial charge in [-0.25, -0.2) is 9.59 Å². The lowest BCUT2D eigenvalue weighted by molar-refractivity contribution is -0.0470. The molecule has 0 bridgehead atoms. The van der Waals surface area contributed by atoms with Crippen LogP contribution in [0.2, 0.25) is 0 Å². The number of carbonyl (C=O) groups is 1. The van der Waals surface area contributed by atoms with E-state index >= 15 is 0 Å². The molecule has 10 nitrogen and oxygen atoms in total. The molecule has 6 rings (SSSR count).